The molecule has 0 aliphatic heterocycles. The highest BCUT2D eigenvalue weighted by Crippen LogP contribution is 2.19. The van der Waals surface area contributed by atoms with Crippen LogP contribution in [-0.2, 0) is 4.74 Å². The summed E-state index contributed by atoms with van der Waals surface area (Å²) in [6, 6.07) is 3.27. The standard InChI is InChI=1S/C12H18N2O3/c1-4-14(9(2)8-17-3)11-10(12(15)16)6-5-7-13-11/h5-7,9H,4,8H2,1-3H3,(H,15,16). The molecule has 0 spiro atoms. The second kappa shape index (κ2) is 6.20. The molecule has 0 aliphatic rings. The molecular weight excluding hydrogens is 220 g/mol. The smallest absolute Gasteiger partial charge is 0.339 e. The van der Waals surface area contributed by atoms with Crippen LogP contribution in [-0.4, -0.2) is 42.4 Å². The van der Waals surface area contributed by atoms with Crippen molar-refractivity contribution < 1.29 is 14.6 Å². The summed E-state index contributed by atoms with van der Waals surface area (Å²) in [5, 5.41) is 9.12. The number of nitrogens with zero attached hydrogens (tertiary/aromatic N) is 2. The lowest BCUT2D eigenvalue weighted by molar-refractivity contribution is 0.0697. The number of rotatable bonds is 6. The van der Waals surface area contributed by atoms with Crippen molar-refractivity contribution in [1.82, 2.24) is 4.98 Å². The Balaban J connectivity index is 3.06. The fraction of sp³-hybridized carbons (Fsp3) is 0.500. The van der Waals surface area contributed by atoms with Crippen molar-refractivity contribution >= 4 is 11.8 Å². The lowest BCUT2D eigenvalue weighted by Gasteiger charge is -2.29. The minimum atomic E-state index is -0.962. The summed E-state index contributed by atoms with van der Waals surface area (Å²) in [4.78, 5) is 17.2. The zero-order valence-electron chi connectivity index (χ0n) is 10.4. The van der Waals surface area contributed by atoms with Crippen LogP contribution < -0.4 is 4.90 Å². The predicted octanol–water partition coefficient (Wildman–Crippen LogP) is 1.64. The Labute approximate surface area is 101 Å². The lowest BCUT2D eigenvalue weighted by Crippen LogP contribution is -2.37. The van der Waals surface area contributed by atoms with Crippen molar-refractivity contribution in [2.75, 3.05) is 25.2 Å². The molecule has 1 unspecified atom stereocenters. The fourth-order valence-electron chi connectivity index (χ4n) is 1.79. The van der Waals surface area contributed by atoms with E-state index < -0.39 is 5.97 Å². The van der Waals surface area contributed by atoms with Gasteiger partial charge in [0.25, 0.3) is 0 Å². The molecule has 0 saturated heterocycles. The number of carbonyl (C=O) groups is 1. The molecule has 1 aromatic rings. The molecule has 1 heterocycles. The van der Waals surface area contributed by atoms with Crippen LogP contribution in [0, 0.1) is 0 Å². The van der Waals surface area contributed by atoms with Gasteiger partial charge >= 0.3 is 5.97 Å². The minimum absolute atomic E-state index is 0.0815. The number of pyridine rings is 1. The van der Waals surface area contributed by atoms with Gasteiger partial charge < -0.3 is 14.7 Å². The van der Waals surface area contributed by atoms with Crippen LogP contribution in [0.25, 0.3) is 0 Å². The van der Waals surface area contributed by atoms with Crippen LogP contribution in [0.2, 0.25) is 0 Å². The van der Waals surface area contributed by atoms with Gasteiger partial charge in [0, 0.05) is 19.9 Å². The zero-order valence-corrected chi connectivity index (χ0v) is 10.4. The second-order valence-corrected chi connectivity index (χ2v) is 3.77. The normalized spacial score (nSPS) is 12.2. The Morgan fingerprint density at radius 3 is 2.88 bits per heavy atom. The summed E-state index contributed by atoms with van der Waals surface area (Å²) < 4.78 is 5.09. The highest BCUT2D eigenvalue weighted by atomic mass is 16.5. The van der Waals surface area contributed by atoms with E-state index in [2.05, 4.69) is 4.98 Å². The van der Waals surface area contributed by atoms with E-state index in [4.69, 9.17) is 9.84 Å². The summed E-state index contributed by atoms with van der Waals surface area (Å²) in [7, 11) is 1.63. The van der Waals surface area contributed by atoms with E-state index in [-0.39, 0.29) is 11.6 Å². The number of methoxy groups -OCH3 is 1. The summed E-state index contributed by atoms with van der Waals surface area (Å²) >= 11 is 0. The first-order chi connectivity index (χ1) is 8.11. The number of likely N-dealkylation sites (N-methyl/N-ethyl adjacent to an activating group) is 1. The fourth-order valence-corrected chi connectivity index (χ4v) is 1.79. The number of anilines is 1. The number of carboxylic acids is 1. The summed E-state index contributed by atoms with van der Waals surface area (Å²) in [5.74, 6) is -0.469. The van der Waals surface area contributed by atoms with Crippen molar-refractivity contribution in [3.8, 4) is 0 Å². The average Bonchev–Trinajstić information content (AvgIpc) is 2.31. The van der Waals surface area contributed by atoms with Crippen LogP contribution in [0.5, 0.6) is 0 Å². The number of ether oxygens (including phenoxy) is 1. The summed E-state index contributed by atoms with van der Waals surface area (Å²) in [5.41, 5.74) is 0.220. The molecule has 17 heavy (non-hydrogen) atoms. The molecule has 0 amide bonds. The molecule has 94 valence electrons. The third-order valence-electron chi connectivity index (χ3n) is 2.57. The van der Waals surface area contributed by atoms with Gasteiger partial charge in [-0.05, 0) is 26.0 Å². The van der Waals surface area contributed by atoms with Gasteiger partial charge in [-0.3, -0.25) is 0 Å². The van der Waals surface area contributed by atoms with Crippen molar-refractivity contribution in [1.29, 1.82) is 0 Å². The molecule has 0 aromatic carbocycles. The highest BCUT2D eigenvalue weighted by Gasteiger charge is 2.20. The number of hydrogen-bond acceptors (Lipinski definition) is 4. The van der Waals surface area contributed by atoms with Gasteiger partial charge in [0.2, 0.25) is 0 Å². The van der Waals surface area contributed by atoms with Gasteiger partial charge in [-0.25, -0.2) is 9.78 Å². The molecule has 0 aliphatic carbocycles. The van der Waals surface area contributed by atoms with Crippen LogP contribution in [0.15, 0.2) is 18.3 Å². The van der Waals surface area contributed by atoms with Gasteiger partial charge in [-0.1, -0.05) is 0 Å². The maximum atomic E-state index is 11.1. The summed E-state index contributed by atoms with van der Waals surface area (Å²) in [6.07, 6.45) is 1.60. The Kier molecular flexibility index (Phi) is 4.90. The van der Waals surface area contributed by atoms with E-state index in [1.54, 1.807) is 25.4 Å². The van der Waals surface area contributed by atoms with Gasteiger partial charge in [-0.2, -0.15) is 0 Å². The number of carboxylic acid groups (broad SMARTS) is 1. The monoisotopic (exact) mass is 238 g/mol. The molecule has 5 heteroatoms. The van der Waals surface area contributed by atoms with E-state index in [9.17, 15) is 4.79 Å². The molecular formula is C12H18N2O3. The van der Waals surface area contributed by atoms with Gasteiger partial charge in [0.1, 0.15) is 11.4 Å². The van der Waals surface area contributed by atoms with Crippen LogP contribution >= 0.6 is 0 Å². The molecule has 0 bridgehead atoms. The van der Waals surface area contributed by atoms with Crippen LogP contribution in [0.4, 0.5) is 5.82 Å². The molecule has 1 atom stereocenters. The van der Waals surface area contributed by atoms with E-state index in [1.807, 2.05) is 18.7 Å². The van der Waals surface area contributed by atoms with Crippen molar-refractivity contribution in [3.63, 3.8) is 0 Å². The first kappa shape index (κ1) is 13.4. The van der Waals surface area contributed by atoms with E-state index in [1.165, 1.54) is 0 Å². The van der Waals surface area contributed by atoms with Gasteiger partial charge in [-0.15, -0.1) is 0 Å². The maximum Gasteiger partial charge on any atom is 0.339 e. The van der Waals surface area contributed by atoms with E-state index in [0.717, 1.165) is 0 Å². The molecule has 0 fully saturated rings. The summed E-state index contributed by atoms with van der Waals surface area (Å²) in [6.45, 7) is 5.16. The van der Waals surface area contributed by atoms with E-state index >= 15 is 0 Å². The largest absolute Gasteiger partial charge is 0.478 e. The zero-order chi connectivity index (χ0) is 12.8. The third kappa shape index (κ3) is 3.17. The molecule has 1 rings (SSSR count). The van der Waals surface area contributed by atoms with Crippen LogP contribution in [0.1, 0.15) is 24.2 Å². The Morgan fingerprint density at radius 2 is 2.35 bits per heavy atom. The molecule has 0 saturated carbocycles. The van der Waals surface area contributed by atoms with Crippen LogP contribution in [0.3, 0.4) is 0 Å². The molecule has 1 N–H and O–H groups in total. The molecule has 1 aromatic heterocycles. The highest BCUT2D eigenvalue weighted by molar-refractivity contribution is 5.93. The van der Waals surface area contributed by atoms with Crippen molar-refractivity contribution in [3.05, 3.63) is 23.9 Å². The number of aromatic nitrogens is 1. The second-order valence-electron chi connectivity index (χ2n) is 3.77. The molecule has 0 radical (unpaired) electrons. The van der Waals surface area contributed by atoms with Gasteiger partial charge in [0.05, 0.1) is 12.6 Å². The average molecular weight is 238 g/mol. The number of hydrogen-bond donors (Lipinski definition) is 1. The first-order valence-corrected chi connectivity index (χ1v) is 5.55. The van der Waals surface area contributed by atoms with Gasteiger partial charge in [0.15, 0.2) is 0 Å². The lowest BCUT2D eigenvalue weighted by atomic mass is 10.2. The Bertz CT molecular complexity index is 382. The maximum absolute atomic E-state index is 11.1. The minimum Gasteiger partial charge on any atom is -0.478 e. The topological polar surface area (TPSA) is 62.7 Å². The Morgan fingerprint density at radius 1 is 1.65 bits per heavy atom. The molecule has 5 nitrogen and oxygen atoms in total. The third-order valence-corrected chi connectivity index (χ3v) is 2.57. The number of aromatic carboxylic acids is 1. The predicted molar refractivity (Wildman–Crippen MR) is 65.6 cm³/mol. The van der Waals surface area contributed by atoms with Crippen molar-refractivity contribution in [2.45, 2.75) is 19.9 Å². The van der Waals surface area contributed by atoms with E-state index in [0.29, 0.717) is 19.0 Å². The quantitative estimate of drug-likeness (QED) is 0.816. The first-order valence-electron chi connectivity index (χ1n) is 5.55. The SMILES string of the molecule is CCN(c1ncccc1C(=O)O)C(C)COC. The van der Waals surface area contributed by atoms with Crippen molar-refractivity contribution in [2.24, 2.45) is 0 Å². The Hall–Kier alpha value is -1.62.